The van der Waals surface area contributed by atoms with Crippen LogP contribution in [0.5, 0.6) is 0 Å². The van der Waals surface area contributed by atoms with Gasteiger partial charge < -0.3 is 10.1 Å². The molecule has 0 unspecified atom stereocenters. The topological polar surface area (TPSA) is 39.1 Å². The molecule has 0 spiro atoms. The Morgan fingerprint density at radius 3 is 3.06 bits per heavy atom. The second-order valence-corrected chi connectivity index (χ2v) is 4.60. The Morgan fingerprint density at radius 2 is 2.29 bits per heavy atom. The number of nitrogens with one attached hydrogen (secondary N) is 1. The highest BCUT2D eigenvalue weighted by atomic mass is 16.5. The van der Waals surface area contributed by atoms with Crippen molar-refractivity contribution in [2.45, 2.75) is 45.2 Å². The van der Waals surface area contributed by atoms with Gasteiger partial charge in [-0.2, -0.15) is 5.10 Å². The fraction of sp³-hybridized carbons (Fsp3) is 0.769. The molecule has 1 saturated carbocycles. The predicted octanol–water partition coefficient (Wildman–Crippen LogP) is 2.12. The molecule has 0 aromatic carbocycles. The first-order valence-corrected chi connectivity index (χ1v) is 6.72. The van der Waals surface area contributed by atoms with Gasteiger partial charge in [0.25, 0.3) is 0 Å². The summed E-state index contributed by atoms with van der Waals surface area (Å²) >= 11 is 0. The molecule has 0 aliphatic heterocycles. The fourth-order valence-electron chi connectivity index (χ4n) is 2.35. The number of aromatic nitrogens is 2. The summed E-state index contributed by atoms with van der Waals surface area (Å²) in [5.74, 6) is 0. The average molecular weight is 237 g/mol. The van der Waals surface area contributed by atoms with Crippen molar-refractivity contribution in [2.75, 3.05) is 19.8 Å². The summed E-state index contributed by atoms with van der Waals surface area (Å²) in [7, 11) is 0. The van der Waals surface area contributed by atoms with Crippen molar-refractivity contribution in [3.8, 4) is 0 Å². The van der Waals surface area contributed by atoms with Crippen LogP contribution in [0.2, 0.25) is 0 Å². The van der Waals surface area contributed by atoms with E-state index in [1.165, 1.54) is 25.7 Å². The van der Waals surface area contributed by atoms with E-state index < -0.39 is 0 Å². The highest BCUT2D eigenvalue weighted by molar-refractivity contribution is 4.99. The van der Waals surface area contributed by atoms with Gasteiger partial charge >= 0.3 is 0 Å². The van der Waals surface area contributed by atoms with Crippen molar-refractivity contribution in [1.82, 2.24) is 15.1 Å². The number of hydrogen-bond donors (Lipinski definition) is 1. The van der Waals surface area contributed by atoms with Crippen LogP contribution in [-0.2, 0) is 11.3 Å². The smallest absolute Gasteiger partial charge is 0.0762 e. The van der Waals surface area contributed by atoms with Crippen molar-refractivity contribution >= 4 is 0 Å². The first-order chi connectivity index (χ1) is 8.40. The van der Waals surface area contributed by atoms with E-state index in [1.54, 1.807) is 0 Å². The maximum atomic E-state index is 5.27. The zero-order chi connectivity index (χ0) is 11.9. The highest BCUT2D eigenvalue weighted by Crippen LogP contribution is 2.28. The van der Waals surface area contributed by atoms with Crippen LogP contribution >= 0.6 is 0 Å². The molecule has 1 aromatic heterocycles. The van der Waals surface area contributed by atoms with Crippen LogP contribution in [0.3, 0.4) is 0 Å². The van der Waals surface area contributed by atoms with Crippen molar-refractivity contribution in [2.24, 2.45) is 0 Å². The van der Waals surface area contributed by atoms with Gasteiger partial charge in [0.15, 0.2) is 0 Å². The molecule has 0 radical (unpaired) electrons. The van der Waals surface area contributed by atoms with Gasteiger partial charge in [0.1, 0.15) is 0 Å². The predicted molar refractivity (Wildman–Crippen MR) is 67.9 cm³/mol. The maximum Gasteiger partial charge on any atom is 0.0762 e. The molecule has 1 aromatic rings. The van der Waals surface area contributed by atoms with Crippen LogP contribution < -0.4 is 5.32 Å². The van der Waals surface area contributed by atoms with E-state index in [1.807, 2.05) is 6.92 Å². The van der Waals surface area contributed by atoms with Crippen LogP contribution in [0.1, 0.15) is 44.3 Å². The molecular weight excluding hydrogens is 214 g/mol. The van der Waals surface area contributed by atoms with Gasteiger partial charge in [0.2, 0.25) is 0 Å². The van der Waals surface area contributed by atoms with Crippen LogP contribution in [0.15, 0.2) is 12.3 Å². The summed E-state index contributed by atoms with van der Waals surface area (Å²) in [5.41, 5.74) is 1.13. The quantitative estimate of drug-likeness (QED) is 0.738. The lowest BCUT2D eigenvalue weighted by Gasteiger charge is -2.09. The minimum atomic E-state index is 0.646. The van der Waals surface area contributed by atoms with E-state index in [9.17, 15) is 0 Å². The molecule has 4 heteroatoms. The third-order valence-corrected chi connectivity index (χ3v) is 3.30. The summed E-state index contributed by atoms with van der Waals surface area (Å²) < 4.78 is 7.42. The van der Waals surface area contributed by atoms with Gasteiger partial charge in [-0.15, -0.1) is 0 Å². The zero-order valence-electron chi connectivity index (χ0n) is 10.7. The molecule has 1 aliphatic rings. The van der Waals surface area contributed by atoms with E-state index in [-0.39, 0.29) is 0 Å². The summed E-state index contributed by atoms with van der Waals surface area (Å²) in [6.07, 6.45) is 7.41. The standard InChI is InChI=1S/C13H23N3O/c1-2-17-10-8-14-11-12-7-9-16(15-12)13-5-3-4-6-13/h7,9,13-14H,2-6,8,10-11H2,1H3. The Balaban J connectivity index is 1.70. The molecule has 4 nitrogen and oxygen atoms in total. The third-order valence-electron chi connectivity index (χ3n) is 3.30. The van der Waals surface area contributed by atoms with Crippen molar-refractivity contribution < 1.29 is 4.74 Å². The number of rotatable bonds is 7. The molecule has 2 rings (SSSR count). The van der Waals surface area contributed by atoms with E-state index in [0.717, 1.165) is 32.0 Å². The molecule has 96 valence electrons. The minimum absolute atomic E-state index is 0.646. The Bertz CT molecular complexity index is 318. The van der Waals surface area contributed by atoms with E-state index in [2.05, 4.69) is 27.4 Å². The largest absolute Gasteiger partial charge is 0.380 e. The molecule has 0 atom stereocenters. The molecule has 1 fully saturated rings. The van der Waals surface area contributed by atoms with Crippen LogP contribution in [0.25, 0.3) is 0 Å². The van der Waals surface area contributed by atoms with E-state index in [0.29, 0.717) is 6.04 Å². The van der Waals surface area contributed by atoms with Crippen LogP contribution in [0, 0.1) is 0 Å². The average Bonchev–Trinajstić information content (AvgIpc) is 2.99. The second-order valence-electron chi connectivity index (χ2n) is 4.60. The van der Waals surface area contributed by atoms with Gasteiger partial charge in [-0.3, -0.25) is 4.68 Å². The van der Waals surface area contributed by atoms with Crippen LogP contribution in [0.4, 0.5) is 0 Å². The first-order valence-electron chi connectivity index (χ1n) is 6.72. The first kappa shape index (κ1) is 12.6. The number of hydrogen-bond acceptors (Lipinski definition) is 3. The monoisotopic (exact) mass is 237 g/mol. The van der Waals surface area contributed by atoms with Crippen molar-refractivity contribution in [3.05, 3.63) is 18.0 Å². The molecule has 0 amide bonds. The summed E-state index contributed by atoms with van der Waals surface area (Å²) in [5, 5.41) is 7.96. The number of nitrogens with zero attached hydrogens (tertiary/aromatic N) is 2. The SMILES string of the molecule is CCOCCNCc1ccn(C2CCCC2)n1. The van der Waals surface area contributed by atoms with Gasteiger partial charge in [-0.25, -0.2) is 0 Å². The van der Waals surface area contributed by atoms with Crippen molar-refractivity contribution in [1.29, 1.82) is 0 Å². The maximum absolute atomic E-state index is 5.27. The fourth-order valence-corrected chi connectivity index (χ4v) is 2.35. The lowest BCUT2D eigenvalue weighted by Crippen LogP contribution is -2.19. The van der Waals surface area contributed by atoms with Crippen molar-refractivity contribution in [3.63, 3.8) is 0 Å². The summed E-state index contributed by atoms with van der Waals surface area (Å²) in [6.45, 7) is 5.32. The lowest BCUT2D eigenvalue weighted by atomic mass is 10.3. The molecular formula is C13H23N3O. The molecule has 1 heterocycles. The molecule has 1 N–H and O–H groups in total. The Morgan fingerprint density at radius 1 is 1.47 bits per heavy atom. The van der Waals surface area contributed by atoms with Gasteiger partial charge in [0.05, 0.1) is 18.3 Å². The van der Waals surface area contributed by atoms with Gasteiger partial charge in [0, 0.05) is 25.9 Å². The Kier molecular flexibility index (Phi) is 5.01. The summed E-state index contributed by atoms with van der Waals surface area (Å²) in [6, 6.07) is 2.76. The van der Waals surface area contributed by atoms with Gasteiger partial charge in [-0.1, -0.05) is 12.8 Å². The Hall–Kier alpha value is -0.870. The Labute approximate surface area is 103 Å². The highest BCUT2D eigenvalue weighted by Gasteiger charge is 2.17. The van der Waals surface area contributed by atoms with Gasteiger partial charge in [-0.05, 0) is 25.8 Å². The molecule has 0 saturated heterocycles. The number of ether oxygens (including phenoxy) is 1. The normalized spacial score (nSPS) is 16.8. The summed E-state index contributed by atoms with van der Waals surface area (Å²) in [4.78, 5) is 0. The second kappa shape index (κ2) is 6.77. The van der Waals surface area contributed by atoms with E-state index in [4.69, 9.17) is 4.74 Å². The minimum Gasteiger partial charge on any atom is -0.380 e. The van der Waals surface area contributed by atoms with Crippen LogP contribution in [-0.4, -0.2) is 29.5 Å². The zero-order valence-corrected chi connectivity index (χ0v) is 10.7. The van der Waals surface area contributed by atoms with E-state index >= 15 is 0 Å². The lowest BCUT2D eigenvalue weighted by molar-refractivity contribution is 0.149. The molecule has 0 bridgehead atoms. The molecule has 1 aliphatic carbocycles. The third kappa shape index (κ3) is 3.82. The molecule has 17 heavy (non-hydrogen) atoms.